The van der Waals surface area contributed by atoms with Crippen LogP contribution in [-0.2, 0) is 9.59 Å². The van der Waals surface area contributed by atoms with Gasteiger partial charge in [-0.05, 0) is 93.3 Å². The van der Waals surface area contributed by atoms with Gasteiger partial charge in [-0.15, -0.1) is 10.2 Å². The van der Waals surface area contributed by atoms with Gasteiger partial charge in [-0.2, -0.15) is 0 Å². The van der Waals surface area contributed by atoms with Crippen molar-refractivity contribution in [3.05, 3.63) is 109 Å². The molecular formula is C55H67N13O6. The number of ether oxygens (including phenoxy) is 1. The van der Waals surface area contributed by atoms with Crippen LogP contribution in [0.1, 0.15) is 82.0 Å². The fraction of sp³-hybridized carbons (Fsp3) is 0.473. The van der Waals surface area contributed by atoms with Crippen molar-refractivity contribution in [3.63, 3.8) is 0 Å². The fourth-order valence-corrected chi connectivity index (χ4v) is 12.0. The van der Waals surface area contributed by atoms with Crippen molar-refractivity contribution in [1.82, 2.24) is 45.0 Å². The number of nitrogen functional groups attached to an aromatic ring is 1. The predicted molar refractivity (Wildman–Crippen MR) is 280 cm³/mol. The number of aliphatic hydroxyl groups is 1. The zero-order valence-corrected chi connectivity index (χ0v) is 42.6. The second-order valence-electron chi connectivity index (χ2n) is 21.3. The van der Waals surface area contributed by atoms with Crippen LogP contribution in [0.25, 0.3) is 16.9 Å². The number of para-hydroxylation sites is 1. The van der Waals surface area contributed by atoms with E-state index in [4.69, 9.17) is 15.0 Å². The molecule has 2 amide bonds. The topological polar surface area (TPSA) is 221 Å². The Bertz CT molecular complexity index is 2940. The van der Waals surface area contributed by atoms with E-state index in [1.807, 2.05) is 93.2 Å². The predicted octanol–water partition coefficient (Wildman–Crippen LogP) is 5.72. The number of nitrogens with one attached hydrogen (secondary N) is 1. The number of aryl methyl sites for hydroxylation is 1. The Morgan fingerprint density at radius 3 is 2.34 bits per heavy atom. The van der Waals surface area contributed by atoms with Crippen LogP contribution in [0.3, 0.4) is 0 Å². The Balaban J connectivity index is 0.642. The molecule has 4 aliphatic heterocycles. The maximum absolute atomic E-state index is 14.4. The van der Waals surface area contributed by atoms with E-state index in [9.17, 15) is 19.8 Å². The van der Waals surface area contributed by atoms with Crippen molar-refractivity contribution < 1.29 is 29.1 Å². The lowest BCUT2D eigenvalue weighted by molar-refractivity contribution is -0.141. The molecule has 74 heavy (non-hydrogen) atoms. The van der Waals surface area contributed by atoms with E-state index in [0.29, 0.717) is 52.5 Å². The van der Waals surface area contributed by atoms with Gasteiger partial charge in [0.05, 0.1) is 23.5 Å². The fourth-order valence-electron chi connectivity index (χ4n) is 12.0. The number of benzene rings is 2. The number of aromatic hydroxyl groups is 1. The summed E-state index contributed by atoms with van der Waals surface area (Å²) in [5.41, 5.74) is 11.5. The van der Waals surface area contributed by atoms with E-state index >= 15 is 0 Å². The molecule has 8 heterocycles. The number of nitrogens with two attached hydrogens (primary N) is 1. The maximum Gasteiger partial charge on any atom is 0.243 e. The maximum atomic E-state index is 14.4. The van der Waals surface area contributed by atoms with E-state index in [2.05, 4.69) is 62.4 Å². The Hall–Kier alpha value is -7.25. The molecule has 19 heteroatoms. The normalized spacial score (nSPS) is 23.8. The number of β-amino-alcohol motifs (C(OH)–C–C–N with tert-alkyl or cyclic N) is 1. The van der Waals surface area contributed by atoms with Crippen LogP contribution in [-0.4, -0.2) is 144 Å². The lowest BCUT2D eigenvalue weighted by Gasteiger charge is -2.43. The lowest BCUT2D eigenvalue weighted by Crippen LogP contribution is -2.54. The summed E-state index contributed by atoms with van der Waals surface area (Å²) in [5, 5.41) is 37.4. The molecule has 0 radical (unpaired) electrons. The number of phenols is 1. The summed E-state index contributed by atoms with van der Waals surface area (Å²) in [6.45, 7) is 13.8. The summed E-state index contributed by atoms with van der Waals surface area (Å²) in [4.78, 5) is 48.2. The van der Waals surface area contributed by atoms with E-state index in [-0.39, 0.29) is 48.6 Å². The molecular weight excluding hydrogens is 939 g/mol. The van der Waals surface area contributed by atoms with Crippen molar-refractivity contribution in [2.45, 2.75) is 102 Å². The van der Waals surface area contributed by atoms with Crippen molar-refractivity contribution in [2.24, 2.45) is 11.8 Å². The molecule has 6 atom stereocenters. The monoisotopic (exact) mass is 1010 g/mol. The Kier molecular flexibility index (Phi) is 13.6. The quantitative estimate of drug-likeness (QED) is 0.0966. The number of hydrogen-bond donors (Lipinski definition) is 4. The highest BCUT2D eigenvalue weighted by Gasteiger charge is 2.45. The summed E-state index contributed by atoms with van der Waals surface area (Å²) in [6, 6.07) is 22.5. The molecule has 5 aliphatic rings. The molecule has 2 unspecified atom stereocenters. The van der Waals surface area contributed by atoms with E-state index < -0.39 is 18.1 Å². The average molecular weight is 1010 g/mol. The molecule has 1 saturated carbocycles. The number of anilines is 4. The zero-order chi connectivity index (χ0) is 51.2. The minimum atomic E-state index is -0.814. The van der Waals surface area contributed by atoms with Crippen LogP contribution in [0.15, 0.2) is 95.9 Å². The number of phenolic OH excluding ortho intramolecular Hbond substituents is 1. The Morgan fingerprint density at radius 1 is 0.865 bits per heavy atom. The highest BCUT2D eigenvalue weighted by atomic mass is 16.5. The molecule has 4 saturated heterocycles. The van der Waals surface area contributed by atoms with Gasteiger partial charge in [-0.1, -0.05) is 43.3 Å². The van der Waals surface area contributed by atoms with Crippen molar-refractivity contribution in [3.8, 4) is 28.6 Å². The second-order valence-corrected chi connectivity index (χ2v) is 21.3. The summed E-state index contributed by atoms with van der Waals surface area (Å²) < 4.78 is 14.4. The smallest absolute Gasteiger partial charge is 0.243 e. The molecule has 2 aromatic carbocycles. The molecule has 11 rings (SSSR count). The highest BCUT2D eigenvalue weighted by molar-refractivity contribution is 5.91. The molecule has 1 aliphatic carbocycles. The van der Waals surface area contributed by atoms with E-state index in [0.717, 1.165) is 99.9 Å². The van der Waals surface area contributed by atoms with Gasteiger partial charge in [0.25, 0.3) is 0 Å². The van der Waals surface area contributed by atoms with Crippen molar-refractivity contribution >= 4 is 34.8 Å². The molecule has 2 bridgehead atoms. The largest absolute Gasteiger partial charge is 0.507 e. The third-order valence-corrected chi connectivity index (χ3v) is 16.0. The molecule has 5 fully saturated rings. The summed E-state index contributed by atoms with van der Waals surface area (Å²) in [5.74, 6) is 2.43. The minimum Gasteiger partial charge on any atom is -0.507 e. The van der Waals surface area contributed by atoms with E-state index in [1.54, 1.807) is 18.3 Å². The van der Waals surface area contributed by atoms with Crippen LogP contribution in [0.4, 0.5) is 23.0 Å². The molecule has 388 valence electrons. The van der Waals surface area contributed by atoms with Gasteiger partial charge in [0, 0.05) is 119 Å². The number of aliphatic hydroxyl groups excluding tert-OH is 1. The number of hydrogen-bond acceptors (Lipinski definition) is 16. The zero-order valence-electron chi connectivity index (χ0n) is 42.6. The van der Waals surface area contributed by atoms with Gasteiger partial charge in [-0.25, -0.2) is 9.97 Å². The highest BCUT2D eigenvalue weighted by Crippen LogP contribution is 2.41. The van der Waals surface area contributed by atoms with Crippen LogP contribution >= 0.6 is 0 Å². The minimum absolute atomic E-state index is 0.0724. The van der Waals surface area contributed by atoms with E-state index in [1.165, 1.54) is 4.90 Å². The first-order valence-corrected chi connectivity index (χ1v) is 26.2. The number of imidazole rings is 1. The number of amides is 2. The van der Waals surface area contributed by atoms with Crippen molar-refractivity contribution in [2.75, 3.05) is 72.8 Å². The molecule has 5 N–H and O–H groups in total. The van der Waals surface area contributed by atoms with Gasteiger partial charge < -0.3 is 54.7 Å². The first-order chi connectivity index (χ1) is 35.8. The standard InChI is InChI=1S/C55H67N13O6/c1-33(2)52(55(72)67-32-42(69)26-47(67)54(71)59-34(3)37-9-11-38(12-10-37)66-18-17-57-35(66)4)49-28-50(62-74-49)64-21-19-63(20-22-64)29-36-23-43(24-36)73-51-25-39(15-16-58-51)68-40-13-14-41(68)31-65(30-40)46-27-45(60-61-53(46)56)44-7-5-6-8-48(44)70/h5-12,15-18,25,27-28,33-34,36,40-43,47,52,69-70H,13-14,19-24,26,29-32H2,1-4H3,(H2,56,61)(H,59,71)/t34-,36?,40?,41?,42+,43?,47-,52+/m0/s1. The molecule has 0 spiro atoms. The van der Waals surface area contributed by atoms with Gasteiger partial charge in [-0.3, -0.25) is 14.5 Å². The molecule has 6 aromatic rings. The van der Waals surface area contributed by atoms with Gasteiger partial charge >= 0.3 is 0 Å². The number of carbonyl (C=O) groups is 2. The summed E-state index contributed by atoms with van der Waals surface area (Å²) in [6.07, 6.45) is 9.11. The van der Waals surface area contributed by atoms with Crippen LogP contribution in [0.5, 0.6) is 11.6 Å². The third-order valence-electron chi connectivity index (χ3n) is 16.0. The van der Waals surface area contributed by atoms with Crippen LogP contribution in [0, 0.1) is 18.8 Å². The number of nitrogens with zero attached hydrogens (tertiary/aromatic N) is 11. The number of fused-ring (bicyclic) bond motifs is 2. The third kappa shape index (κ3) is 9.93. The van der Waals surface area contributed by atoms with Crippen LogP contribution in [0.2, 0.25) is 0 Å². The Morgan fingerprint density at radius 2 is 1.62 bits per heavy atom. The number of aromatic nitrogens is 6. The van der Waals surface area contributed by atoms with Gasteiger partial charge in [0.15, 0.2) is 17.4 Å². The number of carbonyl (C=O) groups excluding carboxylic acids is 2. The first kappa shape index (κ1) is 49.0. The number of pyridine rings is 1. The van der Waals surface area contributed by atoms with Gasteiger partial charge in [0.2, 0.25) is 17.7 Å². The number of piperazine rings is 2. The number of likely N-dealkylation sites (tertiary alicyclic amines) is 1. The molecule has 4 aromatic heterocycles. The Labute approximate surface area is 431 Å². The van der Waals surface area contributed by atoms with Gasteiger partial charge in [0.1, 0.15) is 29.6 Å². The number of rotatable bonds is 15. The van der Waals surface area contributed by atoms with Crippen LogP contribution < -0.4 is 30.5 Å². The first-order valence-electron chi connectivity index (χ1n) is 26.2. The second kappa shape index (κ2) is 20.6. The lowest BCUT2D eigenvalue weighted by atomic mass is 9.82. The summed E-state index contributed by atoms with van der Waals surface area (Å²) in [7, 11) is 0. The SMILES string of the molecule is Cc1nccn1-c1ccc([C@H](C)NC(=O)[C@@H]2C[C@@H](O)CN2C(=O)[C@@H](c2cc(N3CCN(CC4CC(Oc5cc(N6C7CCC6CN(c6cc(-c8ccccc8O)nnc6N)C7)ccn5)C4)CC3)no2)C(C)C)cc1. The van der Waals surface area contributed by atoms with Crippen molar-refractivity contribution in [1.29, 1.82) is 0 Å². The summed E-state index contributed by atoms with van der Waals surface area (Å²) >= 11 is 0. The average Bonchev–Trinajstić information content (AvgIpc) is 4.20. The molecule has 19 nitrogen and oxygen atoms in total.